The van der Waals surface area contributed by atoms with Crippen molar-refractivity contribution in [2.24, 2.45) is 5.92 Å². The highest BCUT2D eigenvalue weighted by molar-refractivity contribution is 6.09. The van der Waals surface area contributed by atoms with Crippen molar-refractivity contribution in [3.63, 3.8) is 0 Å². The molecule has 3 N–H and O–H groups in total. The maximum absolute atomic E-state index is 13.4. The summed E-state index contributed by atoms with van der Waals surface area (Å²) in [4.78, 5) is 48.0. The molecule has 4 aromatic rings. The number of H-pyrrole nitrogens is 1. The fourth-order valence-electron chi connectivity index (χ4n) is 4.57. The lowest BCUT2D eigenvalue weighted by atomic mass is 9.90. The Hall–Kier alpha value is -4.20. The summed E-state index contributed by atoms with van der Waals surface area (Å²) in [6, 6.07) is 20.1. The van der Waals surface area contributed by atoms with Gasteiger partial charge >= 0.3 is 6.03 Å². The van der Waals surface area contributed by atoms with Crippen molar-refractivity contribution >= 4 is 39.7 Å². The number of aromatic amines is 1. The third-order valence-electron chi connectivity index (χ3n) is 6.59. The Morgan fingerprint density at radius 2 is 1.74 bits per heavy atom. The number of aromatic nitrogens is 2. The van der Waals surface area contributed by atoms with Gasteiger partial charge in [-0.3, -0.25) is 14.5 Å². The van der Waals surface area contributed by atoms with Crippen LogP contribution in [-0.2, 0) is 15.1 Å². The van der Waals surface area contributed by atoms with Crippen LogP contribution in [0.4, 0.5) is 4.79 Å². The van der Waals surface area contributed by atoms with Crippen molar-refractivity contribution in [2.75, 3.05) is 6.54 Å². The molecule has 3 aromatic carbocycles. The summed E-state index contributed by atoms with van der Waals surface area (Å²) >= 11 is 0. The first-order chi connectivity index (χ1) is 16.8. The van der Waals surface area contributed by atoms with Crippen LogP contribution in [-0.4, -0.2) is 39.3 Å². The van der Waals surface area contributed by atoms with Gasteiger partial charge in [-0.1, -0.05) is 62.4 Å². The zero-order valence-electron chi connectivity index (χ0n) is 19.8. The monoisotopic (exact) mass is 469 g/mol. The number of nitrogens with one attached hydrogen (secondary N) is 3. The number of hydrogen-bond donors (Lipinski definition) is 3. The zero-order chi connectivity index (χ0) is 24.7. The minimum absolute atomic E-state index is 0.0329. The maximum atomic E-state index is 13.4. The van der Waals surface area contributed by atoms with Crippen LogP contribution in [0.3, 0.4) is 0 Å². The van der Waals surface area contributed by atoms with Crippen LogP contribution >= 0.6 is 0 Å². The molecule has 8 heteroatoms. The number of carbonyl (C=O) groups excluding carboxylic acids is 3. The van der Waals surface area contributed by atoms with Gasteiger partial charge in [-0.15, -0.1) is 0 Å². The van der Waals surface area contributed by atoms with Gasteiger partial charge in [0, 0.05) is 0 Å². The molecule has 0 bridgehead atoms. The highest BCUT2D eigenvalue weighted by Crippen LogP contribution is 2.31. The molecule has 178 valence electrons. The van der Waals surface area contributed by atoms with Crippen molar-refractivity contribution in [1.29, 1.82) is 0 Å². The molecule has 0 saturated carbocycles. The van der Waals surface area contributed by atoms with Crippen LogP contribution in [0.15, 0.2) is 66.7 Å². The summed E-state index contributed by atoms with van der Waals surface area (Å²) in [5.41, 5.74) is 1.10. The average Bonchev–Trinajstić information content (AvgIpc) is 3.37. The summed E-state index contributed by atoms with van der Waals surface area (Å²) in [5, 5.41) is 7.73. The van der Waals surface area contributed by atoms with Crippen LogP contribution in [0.5, 0.6) is 0 Å². The molecule has 2 atom stereocenters. The van der Waals surface area contributed by atoms with E-state index in [1.165, 1.54) is 0 Å². The first kappa shape index (κ1) is 22.6. The second-order valence-corrected chi connectivity index (χ2v) is 9.44. The summed E-state index contributed by atoms with van der Waals surface area (Å²) in [5.74, 6) is -0.230. The van der Waals surface area contributed by atoms with Gasteiger partial charge in [0.25, 0.3) is 5.91 Å². The predicted octanol–water partition coefficient (Wildman–Crippen LogP) is 4.00. The number of carbonyl (C=O) groups is 3. The van der Waals surface area contributed by atoms with Crippen LogP contribution < -0.4 is 10.6 Å². The molecule has 1 aromatic heterocycles. The normalized spacial score (nSPS) is 18.9. The number of imidazole rings is 1. The number of amides is 4. The van der Waals surface area contributed by atoms with Gasteiger partial charge in [-0.2, -0.15) is 0 Å². The van der Waals surface area contributed by atoms with Crippen molar-refractivity contribution in [1.82, 2.24) is 25.5 Å². The smallest absolute Gasteiger partial charge is 0.325 e. The van der Waals surface area contributed by atoms with E-state index in [1.807, 2.05) is 80.6 Å². The van der Waals surface area contributed by atoms with Gasteiger partial charge < -0.3 is 15.6 Å². The van der Waals surface area contributed by atoms with Crippen LogP contribution in [0.25, 0.3) is 21.8 Å². The third kappa shape index (κ3) is 4.01. The summed E-state index contributed by atoms with van der Waals surface area (Å²) in [7, 11) is 0. The summed E-state index contributed by atoms with van der Waals surface area (Å²) in [6.07, 6.45) is 0. The van der Waals surface area contributed by atoms with Crippen molar-refractivity contribution in [2.45, 2.75) is 32.4 Å². The first-order valence-corrected chi connectivity index (χ1v) is 11.6. The molecular formula is C27H27N5O3. The van der Waals surface area contributed by atoms with Crippen LogP contribution in [0, 0.1) is 5.92 Å². The molecule has 1 saturated heterocycles. The molecule has 2 heterocycles. The number of fused-ring (bicyclic) bond motifs is 2. The van der Waals surface area contributed by atoms with Gasteiger partial charge in [0.15, 0.2) is 0 Å². The molecule has 8 nitrogen and oxygen atoms in total. The quantitative estimate of drug-likeness (QED) is 0.371. The van der Waals surface area contributed by atoms with Gasteiger partial charge in [-0.05, 0) is 47.4 Å². The van der Waals surface area contributed by atoms with E-state index in [9.17, 15) is 14.4 Å². The SMILES string of the molecule is CC(C)C(NC(=O)CN1C(=O)NC(C)(c2ccc3ccccc3c2)C1=O)c1nc2ccccc2[nH]1. The van der Waals surface area contributed by atoms with Crippen molar-refractivity contribution in [3.05, 3.63) is 78.1 Å². The Morgan fingerprint density at radius 1 is 1.03 bits per heavy atom. The fraction of sp³-hybridized carbons (Fsp3) is 0.259. The second kappa shape index (κ2) is 8.54. The van der Waals surface area contributed by atoms with Gasteiger partial charge in [0.1, 0.15) is 17.9 Å². The molecule has 0 spiro atoms. The number of hydrogen-bond acceptors (Lipinski definition) is 4. The van der Waals surface area contributed by atoms with E-state index < -0.39 is 29.4 Å². The lowest BCUT2D eigenvalue weighted by Crippen LogP contribution is -2.44. The Bertz CT molecular complexity index is 1430. The maximum Gasteiger partial charge on any atom is 0.325 e. The van der Waals surface area contributed by atoms with Crippen LogP contribution in [0.1, 0.15) is 38.2 Å². The lowest BCUT2D eigenvalue weighted by molar-refractivity contribution is -0.135. The number of urea groups is 1. The highest BCUT2D eigenvalue weighted by atomic mass is 16.2. The Kier molecular flexibility index (Phi) is 5.51. The minimum atomic E-state index is -1.25. The number of benzene rings is 3. The molecule has 4 amide bonds. The van der Waals surface area contributed by atoms with E-state index in [0.29, 0.717) is 11.4 Å². The largest absolute Gasteiger partial charge is 0.344 e. The number of para-hydroxylation sites is 2. The van der Waals surface area contributed by atoms with E-state index in [2.05, 4.69) is 20.6 Å². The van der Waals surface area contributed by atoms with E-state index >= 15 is 0 Å². The highest BCUT2D eigenvalue weighted by Gasteiger charge is 2.49. The minimum Gasteiger partial charge on any atom is -0.344 e. The number of rotatable bonds is 6. The first-order valence-electron chi connectivity index (χ1n) is 11.6. The molecule has 1 aliphatic heterocycles. The lowest BCUT2D eigenvalue weighted by Gasteiger charge is -2.24. The van der Waals surface area contributed by atoms with E-state index in [1.54, 1.807) is 6.92 Å². The fourth-order valence-corrected chi connectivity index (χ4v) is 4.57. The molecule has 5 rings (SSSR count). The molecule has 0 aliphatic carbocycles. The molecule has 2 unspecified atom stereocenters. The van der Waals surface area contributed by atoms with E-state index in [0.717, 1.165) is 26.7 Å². The number of nitrogens with zero attached hydrogens (tertiary/aromatic N) is 2. The summed E-state index contributed by atoms with van der Waals surface area (Å²) in [6.45, 7) is 5.24. The van der Waals surface area contributed by atoms with E-state index in [-0.39, 0.29) is 12.5 Å². The van der Waals surface area contributed by atoms with Gasteiger partial charge in [0.2, 0.25) is 5.91 Å². The molecule has 0 radical (unpaired) electrons. The number of imide groups is 1. The third-order valence-corrected chi connectivity index (χ3v) is 6.59. The molecule has 35 heavy (non-hydrogen) atoms. The second-order valence-electron chi connectivity index (χ2n) is 9.44. The standard InChI is InChI=1S/C27H27N5O3/c1-16(2)23(24-28-20-10-6-7-11-21(20)29-24)30-22(33)15-32-25(34)27(3,31-26(32)35)19-13-12-17-8-4-5-9-18(17)14-19/h4-14,16,23H,15H2,1-3H3,(H,28,29)(H,30,33)(H,31,35). The topological polar surface area (TPSA) is 107 Å². The van der Waals surface area contributed by atoms with Crippen molar-refractivity contribution in [3.8, 4) is 0 Å². The van der Waals surface area contributed by atoms with Crippen LogP contribution in [0.2, 0.25) is 0 Å². The van der Waals surface area contributed by atoms with Crippen molar-refractivity contribution < 1.29 is 14.4 Å². The van der Waals surface area contributed by atoms with E-state index in [4.69, 9.17) is 0 Å². The Labute approximate surface area is 202 Å². The predicted molar refractivity (Wildman–Crippen MR) is 133 cm³/mol. The molecule has 1 fully saturated rings. The molecule has 1 aliphatic rings. The molecular weight excluding hydrogens is 442 g/mol. The average molecular weight is 470 g/mol. The summed E-state index contributed by atoms with van der Waals surface area (Å²) < 4.78 is 0. The Morgan fingerprint density at radius 3 is 2.49 bits per heavy atom. The van der Waals surface area contributed by atoms with Gasteiger partial charge in [-0.25, -0.2) is 9.78 Å². The Balaban J connectivity index is 1.34. The van der Waals surface area contributed by atoms with Gasteiger partial charge in [0.05, 0.1) is 17.1 Å². The zero-order valence-corrected chi connectivity index (χ0v) is 19.8.